The van der Waals surface area contributed by atoms with E-state index in [0.717, 1.165) is 33.4 Å². The molecule has 8 heteroatoms. The number of ether oxygens (including phenoxy) is 1. The summed E-state index contributed by atoms with van der Waals surface area (Å²) in [5.41, 5.74) is 2.94. The Bertz CT molecular complexity index is 1290. The zero-order valence-corrected chi connectivity index (χ0v) is 18.8. The van der Waals surface area contributed by atoms with Crippen molar-refractivity contribution in [2.24, 2.45) is 0 Å². The number of fused-ring (bicyclic) bond motifs is 2. The number of nitrogens with zero attached hydrogens (tertiary/aromatic N) is 4. The van der Waals surface area contributed by atoms with Crippen LogP contribution in [0.4, 0.5) is 11.4 Å². The summed E-state index contributed by atoms with van der Waals surface area (Å²) < 4.78 is 7.55. The van der Waals surface area contributed by atoms with Gasteiger partial charge in [-0.3, -0.25) is 14.4 Å². The van der Waals surface area contributed by atoms with E-state index in [2.05, 4.69) is 10.3 Å². The lowest BCUT2D eigenvalue weighted by atomic mass is 10.1. The normalized spacial score (nSPS) is 12.2. The van der Waals surface area contributed by atoms with Crippen LogP contribution in [0.15, 0.2) is 82.7 Å². The van der Waals surface area contributed by atoms with Gasteiger partial charge in [0.15, 0.2) is 0 Å². The van der Waals surface area contributed by atoms with Gasteiger partial charge in [0, 0.05) is 26.9 Å². The molecule has 1 aliphatic rings. The molecule has 6 nitrogen and oxygen atoms in total. The van der Waals surface area contributed by atoms with Gasteiger partial charge in [-0.25, -0.2) is 0 Å². The highest BCUT2D eigenvalue weighted by molar-refractivity contribution is 7.99. The Morgan fingerprint density at radius 1 is 1.03 bits per heavy atom. The van der Waals surface area contributed by atoms with Crippen LogP contribution >= 0.6 is 23.4 Å². The van der Waals surface area contributed by atoms with E-state index >= 15 is 0 Å². The van der Waals surface area contributed by atoms with Crippen molar-refractivity contribution in [2.75, 3.05) is 4.90 Å². The molecule has 5 rings (SSSR count). The summed E-state index contributed by atoms with van der Waals surface area (Å²) >= 11 is 7.89. The molecule has 4 aromatic rings. The number of carbonyl (C=O) groups excluding carboxylic acids is 1. The number of para-hydroxylation sites is 1. The molecule has 0 radical (unpaired) electrons. The third-order valence-corrected chi connectivity index (χ3v) is 6.45. The molecule has 0 unspecified atom stereocenters. The Morgan fingerprint density at radius 2 is 1.81 bits per heavy atom. The van der Waals surface area contributed by atoms with Crippen LogP contribution in [-0.4, -0.2) is 20.9 Å². The van der Waals surface area contributed by atoms with Crippen LogP contribution in [0.3, 0.4) is 0 Å². The highest BCUT2D eigenvalue weighted by atomic mass is 35.5. The molecule has 0 aliphatic carbocycles. The zero-order chi connectivity index (χ0) is 22.1. The molecule has 0 bridgehead atoms. The molecule has 0 saturated heterocycles. The molecule has 3 aromatic carbocycles. The highest BCUT2D eigenvalue weighted by Crippen LogP contribution is 2.49. The van der Waals surface area contributed by atoms with Gasteiger partial charge in [-0.1, -0.05) is 40.7 Å². The average molecular weight is 463 g/mol. The first-order chi connectivity index (χ1) is 15.6. The first-order valence-electron chi connectivity index (χ1n) is 10.1. The van der Waals surface area contributed by atoms with Gasteiger partial charge < -0.3 is 4.74 Å². The maximum atomic E-state index is 13.6. The fourth-order valence-corrected chi connectivity index (χ4v) is 4.69. The summed E-state index contributed by atoms with van der Waals surface area (Å²) in [6.45, 7) is 3.08. The molecule has 0 atom stereocenters. The Morgan fingerprint density at radius 3 is 2.59 bits per heavy atom. The van der Waals surface area contributed by atoms with Gasteiger partial charge in [0.1, 0.15) is 18.1 Å². The van der Waals surface area contributed by atoms with Gasteiger partial charge in [0.25, 0.3) is 5.91 Å². The number of amides is 1. The first-order valence-corrected chi connectivity index (χ1v) is 11.3. The molecule has 32 heavy (non-hydrogen) atoms. The van der Waals surface area contributed by atoms with Crippen LogP contribution in [0.5, 0.6) is 5.75 Å². The number of aryl methyl sites for hydroxylation is 1. The minimum Gasteiger partial charge on any atom is -0.487 e. The summed E-state index contributed by atoms with van der Waals surface area (Å²) in [5, 5.41) is 8.67. The van der Waals surface area contributed by atoms with Gasteiger partial charge in [-0.2, -0.15) is 0 Å². The van der Waals surface area contributed by atoms with E-state index in [1.807, 2.05) is 55.6 Å². The van der Waals surface area contributed by atoms with Gasteiger partial charge in [-0.05, 0) is 61.5 Å². The number of anilines is 2. The fourth-order valence-electron chi connectivity index (χ4n) is 3.49. The maximum absolute atomic E-state index is 13.6. The van der Waals surface area contributed by atoms with E-state index in [9.17, 15) is 4.79 Å². The van der Waals surface area contributed by atoms with Gasteiger partial charge in [0.05, 0.1) is 17.6 Å². The molecule has 1 aliphatic heterocycles. The van der Waals surface area contributed by atoms with E-state index in [1.165, 1.54) is 0 Å². The van der Waals surface area contributed by atoms with Crippen molar-refractivity contribution in [2.45, 2.75) is 29.9 Å². The molecule has 160 valence electrons. The molecule has 0 N–H and O–H groups in total. The van der Waals surface area contributed by atoms with Crippen molar-refractivity contribution in [1.82, 2.24) is 15.0 Å². The third-order valence-electron chi connectivity index (χ3n) is 5.09. The molecule has 1 aromatic heterocycles. The lowest BCUT2D eigenvalue weighted by molar-refractivity contribution is 0.0998. The summed E-state index contributed by atoms with van der Waals surface area (Å²) in [6.07, 6.45) is 1.85. The van der Waals surface area contributed by atoms with Crippen molar-refractivity contribution in [1.29, 1.82) is 0 Å². The zero-order valence-electron chi connectivity index (χ0n) is 17.2. The largest absolute Gasteiger partial charge is 0.487 e. The predicted molar refractivity (Wildman–Crippen MR) is 125 cm³/mol. The van der Waals surface area contributed by atoms with Gasteiger partial charge in [0.2, 0.25) is 0 Å². The summed E-state index contributed by atoms with van der Waals surface area (Å²) in [6, 6.07) is 20.6. The highest BCUT2D eigenvalue weighted by Gasteiger charge is 2.29. The molecule has 2 heterocycles. The quantitative estimate of drug-likeness (QED) is 0.365. The third kappa shape index (κ3) is 3.97. The van der Waals surface area contributed by atoms with Crippen LogP contribution in [0.1, 0.15) is 23.0 Å². The minimum atomic E-state index is -0.126. The van der Waals surface area contributed by atoms with E-state index in [-0.39, 0.29) is 5.91 Å². The molecule has 0 spiro atoms. The number of halogens is 1. The predicted octanol–water partition coefficient (Wildman–Crippen LogP) is 5.97. The van der Waals surface area contributed by atoms with E-state index in [0.29, 0.717) is 22.9 Å². The molecule has 0 saturated carbocycles. The van der Waals surface area contributed by atoms with Crippen LogP contribution < -0.4 is 9.64 Å². The number of hydrogen-bond acceptors (Lipinski definition) is 5. The first kappa shape index (κ1) is 20.6. The smallest absolute Gasteiger partial charge is 0.262 e. The van der Waals surface area contributed by atoms with Crippen LogP contribution in [0.25, 0.3) is 0 Å². The number of aromatic nitrogens is 3. The monoisotopic (exact) mass is 462 g/mol. The number of hydrogen-bond donors (Lipinski definition) is 0. The lowest BCUT2D eigenvalue weighted by Gasteiger charge is -2.31. The number of carbonyl (C=O) groups is 1. The SMILES string of the molecule is CCn1cc(COc2ccc(C(=O)N3c4ccccc4Sc4ccc(Cl)cc43)cc2)nn1. The maximum Gasteiger partial charge on any atom is 0.262 e. The topological polar surface area (TPSA) is 60.2 Å². The molecule has 0 fully saturated rings. The van der Waals surface area contributed by atoms with E-state index < -0.39 is 0 Å². The number of rotatable bonds is 5. The average Bonchev–Trinajstić information content (AvgIpc) is 3.29. The molecule has 1 amide bonds. The van der Waals surface area contributed by atoms with Crippen LogP contribution in [0, 0.1) is 0 Å². The Hall–Kier alpha value is -3.29. The van der Waals surface area contributed by atoms with Crippen LogP contribution in [-0.2, 0) is 13.2 Å². The molecular weight excluding hydrogens is 444 g/mol. The van der Waals surface area contributed by atoms with Crippen molar-refractivity contribution in [3.8, 4) is 5.75 Å². The summed E-state index contributed by atoms with van der Waals surface area (Å²) in [5.74, 6) is 0.532. The van der Waals surface area contributed by atoms with E-state index in [4.69, 9.17) is 16.3 Å². The minimum absolute atomic E-state index is 0.126. The summed E-state index contributed by atoms with van der Waals surface area (Å²) in [7, 11) is 0. The Labute approximate surface area is 194 Å². The van der Waals surface area contributed by atoms with Crippen molar-refractivity contribution < 1.29 is 9.53 Å². The second-order valence-corrected chi connectivity index (χ2v) is 8.72. The second kappa shape index (κ2) is 8.68. The van der Waals surface area contributed by atoms with Crippen molar-refractivity contribution >= 4 is 40.6 Å². The Balaban J connectivity index is 1.40. The standard InChI is InChI=1S/C24H19ClN4O2S/c1-2-28-14-18(26-27-28)15-31-19-10-7-16(8-11-19)24(30)29-20-5-3-4-6-22(20)32-23-12-9-17(25)13-21(23)29/h3-14H,2,15H2,1H3. The van der Waals surface area contributed by atoms with Crippen LogP contribution in [0.2, 0.25) is 5.02 Å². The molecular formula is C24H19ClN4O2S. The fraction of sp³-hybridized carbons (Fsp3) is 0.125. The van der Waals surface area contributed by atoms with E-state index in [1.54, 1.807) is 45.6 Å². The lowest BCUT2D eigenvalue weighted by Crippen LogP contribution is -2.28. The van der Waals surface area contributed by atoms with Gasteiger partial charge >= 0.3 is 0 Å². The summed E-state index contributed by atoms with van der Waals surface area (Å²) in [4.78, 5) is 17.3. The van der Waals surface area contributed by atoms with Crippen molar-refractivity contribution in [3.05, 3.63) is 89.2 Å². The van der Waals surface area contributed by atoms with Gasteiger partial charge in [-0.15, -0.1) is 5.10 Å². The second-order valence-electron chi connectivity index (χ2n) is 7.20. The number of benzene rings is 3. The Kier molecular flexibility index (Phi) is 5.59. The van der Waals surface area contributed by atoms with Crippen molar-refractivity contribution in [3.63, 3.8) is 0 Å².